The van der Waals surface area contributed by atoms with Gasteiger partial charge in [0.25, 0.3) is 5.91 Å². The van der Waals surface area contributed by atoms with Gasteiger partial charge in [-0.3, -0.25) is 4.79 Å². The van der Waals surface area contributed by atoms with Gasteiger partial charge in [0, 0.05) is 13.1 Å². The van der Waals surface area contributed by atoms with Gasteiger partial charge in [-0.25, -0.2) is 19.9 Å². The van der Waals surface area contributed by atoms with Gasteiger partial charge in [-0.05, 0) is 37.3 Å². The van der Waals surface area contributed by atoms with E-state index >= 15 is 0 Å². The average Bonchev–Trinajstić information content (AvgIpc) is 3.22. The molecule has 152 valence electrons. The summed E-state index contributed by atoms with van der Waals surface area (Å²) in [7, 11) is 0. The van der Waals surface area contributed by atoms with Gasteiger partial charge < -0.3 is 20.0 Å². The number of anilines is 1. The van der Waals surface area contributed by atoms with Gasteiger partial charge >= 0.3 is 0 Å². The standard InChI is InChI=1S/C21H21N7O2/c1-12-16(21-23-7-8-30-21)27-19(22)18(26-12)20(29)24-9-14-3-2-4-15-17(14)25-11-28(15)10-13-5-6-13/h2-4,7-8,11,13H,5-6,9-10H2,1H3,(H2,22,27)(H,24,29). The average molecular weight is 403 g/mol. The highest BCUT2D eigenvalue weighted by Crippen LogP contribution is 2.32. The molecule has 30 heavy (non-hydrogen) atoms. The van der Waals surface area contributed by atoms with Crippen LogP contribution in [-0.4, -0.2) is 30.4 Å². The number of benzene rings is 1. The molecule has 0 atom stereocenters. The Balaban J connectivity index is 1.35. The van der Waals surface area contributed by atoms with E-state index in [9.17, 15) is 4.79 Å². The van der Waals surface area contributed by atoms with E-state index in [1.807, 2.05) is 18.5 Å². The third-order valence-corrected chi connectivity index (χ3v) is 5.27. The summed E-state index contributed by atoms with van der Waals surface area (Å²) in [6.45, 7) is 3.04. The molecule has 4 aromatic rings. The Labute approximate surface area is 172 Å². The van der Waals surface area contributed by atoms with Crippen molar-refractivity contribution < 1.29 is 9.21 Å². The molecule has 3 aromatic heterocycles. The summed E-state index contributed by atoms with van der Waals surface area (Å²) in [5, 5.41) is 2.88. The molecular weight excluding hydrogens is 382 g/mol. The van der Waals surface area contributed by atoms with Crippen LogP contribution in [0.3, 0.4) is 0 Å². The van der Waals surface area contributed by atoms with Crippen LogP contribution >= 0.6 is 0 Å². The maximum atomic E-state index is 12.7. The molecular formula is C21H21N7O2. The third-order valence-electron chi connectivity index (χ3n) is 5.27. The maximum absolute atomic E-state index is 12.7. The van der Waals surface area contributed by atoms with Crippen LogP contribution < -0.4 is 11.1 Å². The van der Waals surface area contributed by atoms with E-state index in [0.29, 0.717) is 23.8 Å². The monoisotopic (exact) mass is 403 g/mol. The van der Waals surface area contributed by atoms with Crippen molar-refractivity contribution in [1.29, 1.82) is 0 Å². The SMILES string of the molecule is Cc1nc(C(=O)NCc2cccc3c2ncn3CC2CC2)c(N)nc1-c1ncco1. The molecule has 0 aliphatic heterocycles. The second-order valence-electron chi connectivity index (χ2n) is 7.54. The molecule has 1 saturated carbocycles. The number of carbonyl (C=O) groups is 1. The molecule has 0 radical (unpaired) electrons. The zero-order valence-electron chi connectivity index (χ0n) is 16.5. The van der Waals surface area contributed by atoms with Crippen molar-refractivity contribution >= 4 is 22.8 Å². The first-order chi connectivity index (χ1) is 14.6. The highest BCUT2D eigenvalue weighted by Gasteiger charge is 2.23. The van der Waals surface area contributed by atoms with Crippen molar-refractivity contribution in [2.45, 2.75) is 32.9 Å². The van der Waals surface area contributed by atoms with E-state index in [0.717, 1.165) is 29.1 Å². The Hall–Kier alpha value is -3.75. The summed E-state index contributed by atoms with van der Waals surface area (Å²) < 4.78 is 7.44. The lowest BCUT2D eigenvalue weighted by molar-refractivity contribution is 0.0946. The fourth-order valence-electron chi connectivity index (χ4n) is 3.52. The van der Waals surface area contributed by atoms with Crippen molar-refractivity contribution in [2.24, 2.45) is 5.92 Å². The number of carbonyl (C=O) groups excluding carboxylic acids is 1. The molecule has 1 aromatic carbocycles. The van der Waals surface area contributed by atoms with Crippen LogP contribution in [0.4, 0.5) is 5.82 Å². The Morgan fingerprint density at radius 2 is 2.17 bits per heavy atom. The highest BCUT2D eigenvalue weighted by atomic mass is 16.3. The molecule has 3 N–H and O–H groups in total. The molecule has 1 amide bonds. The van der Waals surface area contributed by atoms with Crippen LogP contribution in [-0.2, 0) is 13.1 Å². The van der Waals surface area contributed by atoms with E-state index in [2.05, 4.69) is 35.9 Å². The summed E-state index contributed by atoms with van der Waals surface area (Å²) in [6, 6.07) is 6.01. The molecule has 9 nitrogen and oxygen atoms in total. The zero-order chi connectivity index (χ0) is 20.7. The van der Waals surface area contributed by atoms with Crippen molar-refractivity contribution in [3.63, 3.8) is 0 Å². The molecule has 0 bridgehead atoms. The quantitative estimate of drug-likeness (QED) is 0.507. The summed E-state index contributed by atoms with van der Waals surface area (Å²) in [6.07, 6.45) is 7.40. The summed E-state index contributed by atoms with van der Waals surface area (Å²) in [5.41, 5.74) is 9.92. The van der Waals surface area contributed by atoms with E-state index in [4.69, 9.17) is 10.2 Å². The third kappa shape index (κ3) is 3.38. The number of nitrogens with zero attached hydrogens (tertiary/aromatic N) is 5. The smallest absolute Gasteiger partial charge is 0.273 e. The molecule has 9 heteroatoms. The van der Waals surface area contributed by atoms with E-state index in [-0.39, 0.29) is 11.5 Å². The number of fused-ring (bicyclic) bond motifs is 1. The van der Waals surface area contributed by atoms with Gasteiger partial charge in [0.05, 0.1) is 29.3 Å². The van der Waals surface area contributed by atoms with Crippen molar-refractivity contribution in [3.05, 3.63) is 53.9 Å². The normalized spacial score (nSPS) is 13.6. The number of amides is 1. The van der Waals surface area contributed by atoms with E-state index in [1.54, 1.807) is 6.92 Å². The number of hydrogen-bond acceptors (Lipinski definition) is 7. The van der Waals surface area contributed by atoms with Gasteiger partial charge in [0.2, 0.25) is 5.89 Å². The number of oxazole rings is 1. The van der Waals surface area contributed by atoms with E-state index in [1.165, 1.54) is 25.3 Å². The predicted molar refractivity (Wildman–Crippen MR) is 110 cm³/mol. The number of para-hydroxylation sites is 1. The van der Waals surface area contributed by atoms with Gasteiger partial charge in [0.15, 0.2) is 11.5 Å². The molecule has 5 rings (SSSR count). The predicted octanol–water partition coefficient (Wildman–Crippen LogP) is 2.71. The van der Waals surface area contributed by atoms with Crippen LogP contribution in [0.5, 0.6) is 0 Å². The molecule has 1 aliphatic rings. The lowest BCUT2D eigenvalue weighted by Gasteiger charge is -2.10. The number of nitrogens with two attached hydrogens (primary N) is 1. The zero-order valence-corrected chi connectivity index (χ0v) is 16.5. The number of nitrogen functional groups attached to an aromatic ring is 1. The largest absolute Gasteiger partial charge is 0.443 e. The first kappa shape index (κ1) is 18.3. The van der Waals surface area contributed by atoms with Crippen LogP contribution in [0.25, 0.3) is 22.6 Å². The second-order valence-corrected chi connectivity index (χ2v) is 7.54. The number of aromatic nitrogens is 5. The summed E-state index contributed by atoms with van der Waals surface area (Å²) in [5.74, 6) is 0.705. The minimum absolute atomic E-state index is 0.0261. The number of hydrogen-bond donors (Lipinski definition) is 2. The van der Waals surface area contributed by atoms with Crippen molar-refractivity contribution in [2.75, 3.05) is 5.73 Å². The molecule has 0 saturated heterocycles. The Kier molecular flexibility index (Phi) is 4.42. The molecule has 0 unspecified atom stereocenters. The van der Waals surface area contributed by atoms with E-state index < -0.39 is 5.91 Å². The highest BCUT2D eigenvalue weighted by molar-refractivity contribution is 5.96. The van der Waals surface area contributed by atoms with Gasteiger partial charge in [-0.15, -0.1) is 0 Å². The van der Waals surface area contributed by atoms with Crippen LogP contribution in [0.1, 0.15) is 34.6 Å². The van der Waals surface area contributed by atoms with Crippen molar-refractivity contribution in [3.8, 4) is 11.6 Å². The number of rotatable bonds is 6. The topological polar surface area (TPSA) is 125 Å². The lowest BCUT2D eigenvalue weighted by Crippen LogP contribution is -2.26. The van der Waals surface area contributed by atoms with Crippen molar-refractivity contribution in [1.82, 2.24) is 29.8 Å². The summed E-state index contributed by atoms with van der Waals surface area (Å²) in [4.78, 5) is 29.9. The van der Waals surface area contributed by atoms with Crippen LogP contribution in [0.2, 0.25) is 0 Å². The fourth-order valence-corrected chi connectivity index (χ4v) is 3.52. The molecule has 1 aliphatic carbocycles. The number of imidazole rings is 1. The first-order valence-corrected chi connectivity index (χ1v) is 9.85. The summed E-state index contributed by atoms with van der Waals surface area (Å²) >= 11 is 0. The van der Waals surface area contributed by atoms with Gasteiger partial charge in [0.1, 0.15) is 12.0 Å². The molecule has 3 heterocycles. The Morgan fingerprint density at radius 3 is 2.93 bits per heavy atom. The van der Waals surface area contributed by atoms with Gasteiger partial charge in [-0.2, -0.15) is 0 Å². The minimum Gasteiger partial charge on any atom is -0.443 e. The Morgan fingerprint density at radius 1 is 1.30 bits per heavy atom. The lowest BCUT2D eigenvalue weighted by atomic mass is 10.1. The molecule has 0 spiro atoms. The second kappa shape index (κ2) is 7.25. The van der Waals surface area contributed by atoms with Crippen LogP contribution in [0.15, 0.2) is 41.4 Å². The number of aryl methyl sites for hydroxylation is 1. The Bertz CT molecular complexity index is 1230. The fraction of sp³-hybridized carbons (Fsp3) is 0.286. The molecule has 1 fully saturated rings. The minimum atomic E-state index is -0.392. The van der Waals surface area contributed by atoms with Gasteiger partial charge in [-0.1, -0.05) is 12.1 Å². The van der Waals surface area contributed by atoms with Crippen LogP contribution in [0, 0.1) is 12.8 Å². The first-order valence-electron chi connectivity index (χ1n) is 9.85. The number of nitrogens with one attached hydrogen (secondary N) is 1. The maximum Gasteiger partial charge on any atom is 0.273 e.